The van der Waals surface area contributed by atoms with Crippen LogP contribution in [-0.4, -0.2) is 14.6 Å². The quantitative estimate of drug-likeness (QED) is 0.486. The second-order valence-electron chi connectivity index (χ2n) is 5.01. The van der Waals surface area contributed by atoms with Gasteiger partial charge in [0.25, 0.3) is 0 Å². The zero-order valence-corrected chi connectivity index (χ0v) is 14.2. The lowest BCUT2D eigenvalue weighted by Gasteiger charge is -2.03. The summed E-state index contributed by atoms with van der Waals surface area (Å²) in [6.07, 6.45) is 1.86. The summed E-state index contributed by atoms with van der Waals surface area (Å²) in [6.45, 7) is 2.03. The molecule has 0 spiro atoms. The zero-order chi connectivity index (χ0) is 15.1. The smallest absolute Gasteiger partial charge is 0.163 e. The lowest BCUT2D eigenvalue weighted by Crippen LogP contribution is -1.94. The number of fused-ring (bicyclic) bond motifs is 1. The maximum Gasteiger partial charge on any atom is 0.163 e. The number of benzene rings is 1. The van der Waals surface area contributed by atoms with Crippen molar-refractivity contribution in [3.8, 4) is 21.7 Å². The maximum absolute atomic E-state index is 4.72. The highest BCUT2D eigenvalue weighted by Crippen LogP contribution is 2.31. The van der Waals surface area contributed by atoms with E-state index in [0.29, 0.717) is 0 Å². The fourth-order valence-corrected chi connectivity index (χ4v) is 3.62. The molecule has 5 heteroatoms. The third-order valence-electron chi connectivity index (χ3n) is 3.60. The summed E-state index contributed by atoms with van der Waals surface area (Å²) in [4.78, 5) is 5.76. The molecule has 4 rings (SSSR count). The van der Waals surface area contributed by atoms with Crippen LogP contribution in [0.3, 0.4) is 0 Å². The van der Waals surface area contributed by atoms with Gasteiger partial charge in [0.2, 0.25) is 0 Å². The predicted octanol–water partition coefficient (Wildman–Crippen LogP) is 5.20. The molecular weight excluding hydrogens is 358 g/mol. The third-order valence-corrected chi connectivity index (χ3v) is 5.02. The van der Waals surface area contributed by atoms with Crippen LogP contribution in [0.25, 0.3) is 27.3 Å². The minimum Gasteiger partial charge on any atom is -0.236 e. The van der Waals surface area contributed by atoms with E-state index in [1.165, 1.54) is 4.88 Å². The predicted molar refractivity (Wildman–Crippen MR) is 94.2 cm³/mol. The van der Waals surface area contributed by atoms with Crippen molar-refractivity contribution >= 4 is 32.9 Å². The van der Waals surface area contributed by atoms with Crippen molar-refractivity contribution in [3.05, 3.63) is 64.2 Å². The molecule has 1 aromatic carbocycles. The molecule has 0 saturated heterocycles. The van der Waals surface area contributed by atoms with Gasteiger partial charge in [0.15, 0.2) is 5.65 Å². The Morgan fingerprint density at radius 3 is 2.64 bits per heavy atom. The first-order chi connectivity index (χ1) is 10.7. The standard InChI is InChI=1S/C17H12BrN3S/c1-11-16(12-4-6-13(18)7-5-12)17-19-9-8-14(21(17)20-11)15-3-2-10-22-15/h2-10H,1H3. The van der Waals surface area contributed by atoms with Crippen LogP contribution in [0.1, 0.15) is 5.69 Å². The normalized spacial score (nSPS) is 11.2. The average molecular weight is 370 g/mol. The summed E-state index contributed by atoms with van der Waals surface area (Å²) in [7, 11) is 0. The van der Waals surface area contributed by atoms with Crippen LogP contribution in [0.4, 0.5) is 0 Å². The number of hydrogen-bond acceptors (Lipinski definition) is 3. The summed E-state index contributed by atoms with van der Waals surface area (Å²) in [5.41, 5.74) is 5.17. The first kappa shape index (κ1) is 13.7. The largest absolute Gasteiger partial charge is 0.236 e. The van der Waals surface area contributed by atoms with E-state index in [1.54, 1.807) is 11.3 Å². The van der Waals surface area contributed by atoms with Crippen LogP contribution in [0, 0.1) is 6.92 Å². The molecule has 22 heavy (non-hydrogen) atoms. The summed E-state index contributed by atoms with van der Waals surface area (Å²) in [5, 5.41) is 6.79. The molecule has 108 valence electrons. The van der Waals surface area contributed by atoms with E-state index in [9.17, 15) is 0 Å². The molecule has 3 nitrogen and oxygen atoms in total. The van der Waals surface area contributed by atoms with E-state index < -0.39 is 0 Å². The Morgan fingerprint density at radius 1 is 1.09 bits per heavy atom. The minimum atomic E-state index is 0.894. The van der Waals surface area contributed by atoms with E-state index in [4.69, 9.17) is 5.10 Å². The highest BCUT2D eigenvalue weighted by molar-refractivity contribution is 9.10. The molecular formula is C17H12BrN3S. The van der Waals surface area contributed by atoms with Crippen molar-refractivity contribution in [2.75, 3.05) is 0 Å². The SMILES string of the molecule is Cc1nn2c(-c3cccs3)ccnc2c1-c1ccc(Br)cc1. The van der Waals surface area contributed by atoms with Gasteiger partial charge in [0.05, 0.1) is 16.3 Å². The first-order valence-corrected chi connectivity index (χ1v) is 8.55. The van der Waals surface area contributed by atoms with Crippen molar-refractivity contribution in [2.24, 2.45) is 0 Å². The highest BCUT2D eigenvalue weighted by Gasteiger charge is 2.15. The van der Waals surface area contributed by atoms with Gasteiger partial charge in [0.1, 0.15) is 0 Å². The van der Waals surface area contributed by atoms with Gasteiger partial charge < -0.3 is 0 Å². The molecule has 0 aliphatic rings. The molecule has 0 saturated carbocycles. The van der Waals surface area contributed by atoms with Crippen LogP contribution in [0.2, 0.25) is 0 Å². The van der Waals surface area contributed by atoms with Crippen molar-refractivity contribution < 1.29 is 0 Å². The number of halogens is 1. The summed E-state index contributed by atoms with van der Waals surface area (Å²) in [5.74, 6) is 0. The van der Waals surface area contributed by atoms with Gasteiger partial charge >= 0.3 is 0 Å². The minimum absolute atomic E-state index is 0.894. The molecule has 0 aliphatic heterocycles. The first-order valence-electron chi connectivity index (χ1n) is 6.88. The van der Waals surface area contributed by atoms with Gasteiger partial charge in [-0.25, -0.2) is 9.50 Å². The molecule has 0 N–H and O–H groups in total. The monoisotopic (exact) mass is 369 g/mol. The Kier molecular flexibility index (Phi) is 3.32. The van der Waals surface area contributed by atoms with Crippen LogP contribution < -0.4 is 0 Å². The van der Waals surface area contributed by atoms with Crippen LogP contribution in [0.5, 0.6) is 0 Å². The zero-order valence-electron chi connectivity index (χ0n) is 11.8. The van der Waals surface area contributed by atoms with Crippen LogP contribution >= 0.6 is 27.3 Å². The maximum atomic E-state index is 4.72. The Hall–Kier alpha value is -1.98. The second kappa shape index (κ2) is 5.34. The van der Waals surface area contributed by atoms with Gasteiger partial charge in [-0.15, -0.1) is 11.3 Å². The van der Waals surface area contributed by atoms with Crippen molar-refractivity contribution in [3.63, 3.8) is 0 Å². The van der Waals surface area contributed by atoms with Gasteiger partial charge in [-0.3, -0.25) is 0 Å². The van der Waals surface area contributed by atoms with Crippen molar-refractivity contribution in [1.82, 2.24) is 14.6 Å². The van der Waals surface area contributed by atoms with E-state index in [2.05, 4.69) is 50.6 Å². The Balaban J connectivity index is 1.99. The molecule has 3 aromatic heterocycles. The summed E-state index contributed by atoms with van der Waals surface area (Å²) < 4.78 is 3.01. The number of hydrogen-bond donors (Lipinski definition) is 0. The Labute approximate surface area is 140 Å². The number of aromatic nitrogens is 3. The summed E-state index contributed by atoms with van der Waals surface area (Å²) >= 11 is 5.19. The van der Waals surface area contributed by atoms with Crippen LogP contribution in [0.15, 0.2) is 58.5 Å². The van der Waals surface area contributed by atoms with Gasteiger partial charge in [-0.05, 0) is 42.1 Å². The lowest BCUT2D eigenvalue weighted by molar-refractivity contribution is 0.927. The van der Waals surface area contributed by atoms with E-state index in [1.807, 2.05) is 35.8 Å². The van der Waals surface area contributed by atoms with Gasteiger partial charge in [-0.1, -0.05) is 34.1 Å². The fourth-order valence-electron chi connectivity index (χ4n) is 2.62. The number of aryl methyl sites for hydroxylation is 1. The molecule has 0 amide bonds. The van der Waals surface area contributed by atoms with E-state index in [0.717, 1.165) is 32.6 Å². The van der Waals surface area contributed by atoms with E-state index in [-0.39, 0.29) is 0 Å². The molecule has 0 unspecified atom stereocenters. The number of nitrogens with zero attached hydrogens (tertiary/aromatic N) is 3. The highest BCUT2D eigenvalue weighted by atomic mass is 79.9. The summed E-state index contributed by atoms with van der Waals surface area (Å²) in [6, 6.07) is 14.4. The van der Waals surface area contributed by atoms with Crippen molar-refractivity contribution in [1.29, 1.82) is 0 Å². The molecule has 0 bridgehead atoms. The topological polar surface area (TPSA) is 30.2 Å². The molecule has 0 fully saturated rings. The number of rotatable bonds is 2. The molecule has 4 aromatic rings. The molecule has 0 atom stereocenters. The second-order valence-corrected chi connectivity index (χ2v) is 6.87. The van der Waals surface area contributed by atoms with Crippen LogP contribution in [-0.2, 0) is 0 Å². The van der Waals surface area contributed by atoms with Gasteiger partial charge in [-0.2, -0.15) is 5.10 Å². The Bertz CT molecular complexity index is 940. The number of thiophene rings is 1. The van der Waals surface area contributed by atoms with E-state index >= 15 is 0 Å². The third kappa shape index (κ3) is 2.17. The average Bonchev–Trinajstić information content (AvgIpc) is 3.15. The molecule has 0 aliphatic carbocycles. The fraction of sp³-hybridized carbons (Fsp3) is 0.0588. The molecule has 0 radical (unpaired) electrons. The lowest BCUT2D eigenvalue weighted by atomic mass is 10.1. The van der Waals surface area contributed by atoms with Crippen molar-refractivity contribution in [2.45, 2.75) is 6.92 Å². The molecule has 3 heterocycles. The Morgan fingerprint density at radius 2 is 1.91 bits per heavy atom. The van der Waals surface area contributed by atoms with Gasteiger partial charge in [0, 0.05) is 16.2 Å².